The molecule has 0 aromatic carbocycles. The zero-order chi connectivity index (χ0) is 11.7. The molecule has 1 N–H and O–H groups in total. The van der Waals surface area contributed by atoms with Gasteiger partial charge >= 0.3 is 29.6 Å². The van der Waals surface area contributed by atoms with Crippen molar-refractivity contribution in [1.82, 2.24) is 0 Å². The Morgan fingerprint density at radius 3 is 2.19 bits per heavy atom. The molecule has 4 nitrogen and oxygen atoms in total. The van der Waals surface area contributed by atoms with Crippen molar-refractivity contribution in [3.05, 3.63) is 0 Å². The molecule has 0 rings (SSSR count). The number of aliphatic hydroxyl groups is 1. The summed E-state index contributed by atoms with van der Waals surface area (Å²) in [5, 5.41) is 9.45. The van der Waals surface area contributed by atoms with E-state index in [1.54, 1.807) is 0 Å². The SMILES string of the molecule is CCCCCCC(O)CCCS(=O)(=O)[O-].[Na+]. The predicted octanol–water partition coefficient (Wildman–Crippen LogP) is -1.35. The smallest absolute Gasteiger partial charge is 0.748 e. The van der Waals surface area contributed by atoms with Crippen molar-refractivity contribution in [2.45, 2.75) is 58.0 Å². The third kappa shape index (κ3) is 14.9. The maximum Gasteiger partial charge on any atom is 1.00 e. The quantitative estimate of drug-likeness (QED) is 0.316. The number of rotatable bonds is 9. The van der Waals surface area contributed by atoms with Gasteiger partial charge in [0.1, 0.15) is 0 Å². The van der Waals surface area contributed by atoms with E-state index in [2.05, 4.69) is 6.92 Å². The normalized spacial score (nSPS) is 13.2. The Labute approximate surface area is 121 Å². The van der Waals surface area contributed by atoms with Gasteiger partial charge in [0.25, 0.3) is 0 Å². The Balaban J connectivity index is 0. The second-order valence-corrected chi connectivity index (χ2v) is 5.43. The molecule has 6 heteroatoms. The van der Waals surface area contributed by atoms with Crippen LogP contribution in [0.1, 0.15) is 51.9 Å². The monoisotopic (exact) mass is 260 g/mol. The minimum atomic E-state index is -4.11. The van der Waals surface area contributed by atoms with E-state index in [1.807, 2.05) is 0 Å². The molecule has 1 atom stereocenters. The molecule has 0 aromatic heterocycles. The number of aliphatic hydroxyl groups excluding tert-OH is 1. The first kappa shape index (κ1) is 19.2. The molecule has 92 valence electrons. The Morgan fingerprint density at radius 1 is 1.12 bits per heavy atom. The fourth-order valence-corrected chi connectivity index (χ4v) is 1.97. The van der Waals surface area contributed by atoms with Crippen LogP contribution in [-0.4, -0.2) is 29.9 Å². The van der Waals surface area contributed by atoms with Gasteiger partial charge in [-0.1, -0.05) is 32.6 Å². The van der Waals surface area contributed by atoms with Crippen LogP contribution in [0.3, 0.4) is 0 Å². The first-order chi connectivity index (χ1) is 6.95. The summed E-state index contributed by atoms with van der Waals surface area (Å²) >= 11 is 0. The summed E-state index contributed by atoms with van der Waals surface area (Å²) in [4.78, 5) is 0. The van der Waals surface area contributed by atoms with Crippen LogP contribution in [-0.2, 0) is 10.1 Å². The van der Waals surface area contributed by atoms with Gasteiger partial charge in [-0.25, -0.2) is 8.42 Å². The Kier molecular flexibility index (Phi) is 13.2. The molecular formula is C10H21NaO4S. The van der Waals surface area contributed by atoms with Crippen molar-refractivity contribution in [3.63, 3.8) is 0 Å². The standard InChI is InChI=1S/C10H22O4S.Na/c1-2-3-4-5-7-10(11)8-6-9-15(12,13)14;/h10-11H,2-9H2,1H3,(H,12,13,14);/q;+1/p-1. The predicted molar refractivity (Wildman–Crippen MR) is 58.6 cm³/mol. The summed E-state index contributed by atoms with van der Waals surface area (Å²) in [6, 6.07) is 0. The first-order valence-corrected chi connectivity index (χ1v) is 7.15. The topological polar surface area (TPSA) is 77.4 Å². The fraction of sp³-hybridized carbons (Fsp3) is 1.00. The van der Waals surface area contributed by atoms with Crippen molar-refractivity contribution in [1.29, 1.82) is 0 Å². The van der Waals surface area contributed by atoms with Crippen LogP contribution in [0.4, 0.5) is 0 Å². The molecule has 0 heterocycles. The second-order valence-electron chi connectivity index (χ2n) is 3.91. The molecular weight excluding hydrogens is 239 g/mol. The molecule has 0 aliphatic rings. The van der Waals surface area contributed by atoms with E-state index in [9.17, 15) is 18.1 Å². The van der Waals surface area contributed by atoms with Crippen molar-refractivity contribution in [2.24, 2.45) is 0 Å². The van der Waals surface area contributed by atoms with E-state index in [1.165, 1.54) is 6.42 Å². The van der Waals surface area contributed by atoms with Crippen molar-refractivity contribution in [2.75, 3.05) is 5.75 Å². The minimum Gasteiger partial charge on any atom is -0.748 e. The molecule has 0 aromatic rings. The molecule has 0 aliphatic carbocycles. The summed E-state index contributed by atoms with van der Waals surface area (Å²) in [5.41, 5.74) is 0. The van der Waals surface area contributed by atoms with Crippen LogP contribution in [0, 0.1) is 0 Å². The second kappa shape index (κ2) is 11.0. The third-order valence-corrected chi connectivity index (χ3v) is 3.11. The maximum absolute atomic E-state index is 10.3. The average Bonchev–Trinajstić information content (AvgIpc) is 2.10. The molecule has 0 bridgehead atoms. The maximum atomic E-state index is 10.3. The number of unbranched alkanes of at least 4 members (excludes halogenated alkanes) is 3. The Bertz CT molecular complexity index is 241. The Hall–Kier alpha value is 0.870. The summed E-state index contributed by atoms with van der Waals surface area (Å²) in [6.07, 6.45) is 5.33. The van der Waals surface area contributed by atoms with Gasteiger partial charge in [0, 0.05) is 5.75 Å². The van der Waals surface area contributed by atoms with Crippen LogP contribution in [0.5, 0.6) is 0 Å². The molecule has 0 spiro atoms. The van der Waals surface area contributed by atoms with E-state index < -0.39 is 16.2 Å². The van der Waals surface area contributed by atoms with E-state index in [-0.39, 0.29) is 41.7 Å². The minimum absolute atomic E-state index is 0. The van der Waals surface area contributed by atoms with Gasteiger partial charge < -0.3 is 9.66 Å². The Morgan fingerprint density at radius 2 is 1.69 bits per heavy atom. The summed E-state index contributed by atoms with van der Waals surface area (Å²) in [5.74, 6) is -0.362. The van der Waals surface area contributed by atoms with Gasteiger partial charge in [0.15, 0.2) is 0 Å². The average molecular weight is 260 g/mol. The van der Waals surface area contributed by atoms with Crippen molar-refractivity contribution >= 4 is 10.1 Å². The molecule has 0 fully saturated rings. The molecule has 1 unspecified atom stereocenters. The zero-order valence-electron chi connectivity index (χ0n) is 10.3. The van der Waals surface area contributed by atoms with Crippen molar-refractivity contribution < 1.29 is 47.6 Å². The van der Waals surface area contributed by atoms with Crippen LogP contribution in [0.25, 0.3) is 0 Å². The van der Waals surface area contributed by atoms with Gasteiger partial charge in [-0.2, -0.15) is 0 Å². The third-order valence-electron chi connectivity index (χ3n) is 2.32. The van der Waals surface area contributed by atoms with Crippen LogP contribution >= 0.6 is 0 Å². The van der Waals surface area contributed by atoms with E-state index in [4.69, 9.17) is 0 Å². The van der Waals surface area contributed by atoms with E-state index in [0.717, 1.165) is 19.3 Å². The molecule has 0 radical (unpaired) electrons. The summed E-state index contributed by atoms with van der Waals surface area (Å²) in [7, 11) is -4.11. The van der Waals surface area contributed by atoms with E-state index >= 15 is 0 Å². The van der Waals surface area contributed by atoms with Crippen LogP contribution in [0.15, 0.2) is 0 Å². The molecule has 0 saturated carbocycles. The number of hydrogen-bond donors (Lipinski definition) is 1. The molecule has 0 amide bonds. The van der Waals surface area contributed by atoms with Gasteiger partial charge in [-0.3, -0.25) is 0 Å². The fourth-order valence-electron chi connectivity index (χ4n) is 1.45. The summed E-state index contributed by atoms with van der Waals surface area (Å²) < 4.78 is 30.8. The number of hydrogen-bond acceptors (Lipinski definition) is 4. The largest absolute Gasteiger partial charge is 1.00 e. The molecule has 0 saturated heterocycles. The first-order valence-electron chi connectivity index (χ1n) is 5.57. The van der Waals surface area contributed by atoms with Gasteiger partial charge in [0.2, 0.25) is 0 Å². The van der Waals surface area contributed by atoms with Gasteiger partial charge in [0.05, 0.1) is 16.2 Å². The van der Waals surface area contributed by atoms with Crippen molar-refractivity contribution in [3.8, 4) is 0 Å². The molecule has 0 aliphatic heterocycles. The van der Waals surface area contributed by atoms with Gasteiger partial charge in [-0.05, 0) is 19.3 Å². The molecule has 16 heavy (non-hydrogen) atoms. The van der Waals surface area contributed by atoms with E-state index in [0.29, 0.717) is 12.8 Å². The van der Waals surface area contributed by atoms with Crippen LogP contribution in [0.2, 0.25) is 0 Å². The zero-order valence-corrected chi connectivity index (χ0v) is 13.1. The summed E-state index contributed by atoms with van der Waals surface area (Å²) in [6.45, 7) is 2.12. The van der Waals surface area contributed by atoms with Gasteiger partial charge in [-0.15, -0.1) is 0 Å². The van der Waals surface area contributed by atoms with Crippen LogP contribution < -0.4 is 29.6 Å².